The summed E-state index contributed by atoms with van der Waals surface area (Å²) in [5, 5.41) is 10.8. The van der Waals surface area contributed by atoms with Crippen LogP contribution in [0.1, 0.15) is 16.8 Å². The van der Waals surface area contributed by atoms with Crippen LogP contribution in [0.25, 0.3) is 0 Å². The van der Waals surface area contributed by atoms with Gasteiger partial charge in [0.2, 0.25) is 0 Å². The van der Waals surface area contributed by atoms with E-state index < -0.39 is 5.69 Å². The minimum absolute atomic E-state index is 0.291. The quantitative estimate of drug-likeness (QED) is 0.514. The molecule has 2 N–H and O–H groups in total. The van der Waals surface area contributed by atoms with E-state index in [1.807, 2.05) is 48.5 Å². The second kappa shape index (κ2) is 8.26. The number of anilines is 1. The molecule has 8 heteroatoms. The number of ether oxygens (including phenoxy) is 1. The molecule has 0 bridgehead atoms. The summed E-state index contributed by atoms with van der Waals surface area (Å²) in [5.74, 6) is 0.950. The maximum atomic E-state index is 11.2. The van der Waals surface area contributed by atoms with Crippen molar-refractivity contribution in [1.29, 1.82) is 0 Å². The van der Waals surface area contributed by atoms with Crippen LogP contribution in [-0.2, 0) is 6.61 Å². The third kappa shape index (κ3) is 4.46. The van der Waals surface area contributed by atoms with Crippen molar-refractivity contribution in [3.05, 3.63) is 80.9 Å². The lowest BCUT2D eigenvalue weighted by atomic mass is 10.2. The summed E-state index contributed by atoms with van der Waals surface area (Å²) in [5.41, 5.74) is 4.36. The van der Waals surface area contributed by atoms with E-state index in [2.05, 4.69) is 25.7 Å². The van der Waals surface area contributed by atoms with Gasteiger partial charge >= 0.3 is 5.69 Å². The molecule has 0 saturated heterocycles. The van der Waals surface area contributed by atoms with E-state index in [1.54, 1.807) is 13.1 Å². The summed E-state index contributed by atoms with van der Waals surface area (Å²) in [6, 6.07) is 15.0. The molecular weight excluding hydrogens is 354 g/mol. The topological polar surface area (TPSA) is 92.3 Å². The first kappa shape index (κ1) is 17.6. The lowest BCUT2D eigenvalue weighted by molar-refractivity contribution is 0.306. The Morgan fingerprint density at radius 1 is 1.23 bits per heavy atom. The van der Waals surface area contributed by atoms with Crippen molar-refractivity contribution in [2.75, 3.05) is 5.43 Å². The molecule has 132 valence electrons. The number of halogens is 1. The van der Waals surface area contributed by atoms with Gasteiger partial charge in [-0.1, -0.05) is 41.9 Å². The van der Waals surface area contributed by atoms with Crippen molar-refractivity contribution in [2.45, 2.75) is 13.5 Å². The van der Waals surface area contributed by atoms with Crippen molar-refractivity contribution in [3.8, 4) is 5.75 Å². The Morgan fingerprint density at radius 2 is 2.00 bits per heavy atom. The number of hydrazone groups is 1. The highest BCUT2D eigenvalue weighted by Crippen LogP contribution is 2.21. The van der Waals surface area contributed by atoms with Crippen LogP contribution >= 0.6 is 11.6 Å². The fourth-order valence-electron chi connectivity index (χ4n) is 2.15. The van der Waals surface area contributed by atoms with Gasteiger partial charge in [0.05, 0.1) is 6.21 Å². The molecule has 3 aromatic rings. The molecule has 0 spiro atoms. The summed E-state index contributed by atoms with van der Waals surface area (Å²) in [7, 11) is 0. The Labute approximate surface area is 154 Å². The predicted molar refractivity (Wildman–Crippen MR) is 101 cm³/mol. The van der Waals surface area contributed by atoms with Gasteiger partial charge in [-0.2, -0.15) is 15.2 Å². The van der Waals surface area contributed by atoms with Crippen LogP contribution in [0.2, 0.25) is 5.02 Å². The van der Waals surface area contributed by atoms with E-state index in [1.165, 1.54) is 0 Å². The van der Waals surface area contributed by atoms with Crippen LogP contribution in [0.5, 0.6) is 5.75 Å². The zero-order valence-corrected chi connectivity index (χ0v) is 14.7. The number of para-hydroxylation sites is 1. The van der Waals surface area contributed by atoms with Crippen molar-refractivity contribution < 1.29 is 4.74 Å². The fourth-order valence-corrected chi connectivity index (χ4v) is 2.34. The molecule has 0 aliphatic rings. The SMILES string of the molecule is Cc1n[nH]c(=O)nc1N/N=C/c1ccccc1OCc1ccccc1Cl. The Kier molecular flexibility index (Phi) is 5.60. The van der Waals surface area contributed by atoms with Crippen molar-refractivity contribution in [3.63, 3.8) is 0 Å². The zero-order valence-electron chi connectivity index (χ0n) is 13.9. The average molecular weight is 370 g/mol. The van der Waals surface area contributed by atoms with E-state index in [0.717, 1.165) is 11.1 Å². The lowest BCUT2D eigenvalue weighted by Crippen LogP contribution is -2.15. The van der Waals surface area contributed by atoms with E-state index >= 15 is 0 Å². The number of rotatable bonds is 6. The molecule has 0 unspecified atom stereocenters. The largest absolute Gasteiger partial charge is 0.488 e. The number of aromatic amines is 1. The molecule has 1 heterocycles. The Morgan fingerprint density at radius 3 is 2.85 bits per heavy atom. The van der Waals surface area contributed by atoms with Gasteiger partial charge in [-0.3, -0.25) is 5.43 Å². The van der Waals surface area contributed by atoms with Gasteiger partial charge in [0.15, 0.2) is 5.82 Å². The molecule has 1 aromatic heterocycles. The first-order valence-electron chi connectivity index (χ1n) is 7.81. The minimum atomic E-state index is -0.545. The Hall–Kier alpha value is -3.19. The molecule has 0 amide bonds. The Balaban J connectivity index is 1.71. The molecule has 2 aromatic carbocycles. The van der Waals surface area contributed by atoms with Crippen molar-refractivity contribution in [2.24, 2.45) is 5.10 Å². The third-order valence-corrected chi connectivity index (χ3v) is 3.88. The molecule has 0 aliphatic heterocycles. The smallest absolute Gasteiger partial charge is 0.363 e. The van der Waals surface area contributed by atoms with E-state index in [9.17, 15) is 4.79 Å². The molecule has 0 atom stereocenters. The van der Waals surface area contributed by atoms with Crippen LogP contribution in [0.15, 0.2) is 58.4 Å². The van der Waals surface area contributed by atoms with Crippen molar-refractivity contribution >= 4 is 23.6 Å². The van der Waals surface area contributed by atoms with Gasteiger partial charge < -0.3 is 4.74 Å². The molecule has 3 rings (SSSR count). The number of nitrogens with zero attached hydrogens (tertiary/aromatic N) is 3. The summed E-state index contributed by atoms with van der Waals surface area (Å²) in [6.45, 7) is 2.05. The zero-order chi connectivity index (χ0) is 18.4. The highest BCUT2D eigenvalue weighted by atomic mass is 35.5. The molecular formula is C18H16ClN5O2. The van der Waals surface area contributed by atoms with Crippen LogP contribution in [0.3, 0.4) is 0 Å². The highest BCUT2D eigenvalue weighted by Gasteiger charge is 2.04. The lowest BCUT2D eigenvalue weighted by Gasteiger charge is -2.10. The summed E-state index contributed by atoms with van der Waals surface area (Å²) in [4.78, 5) is 15.0. The number of aryl methyl sites for hydroxylation is 1. The van der Waals surface area contributed by atoms with Crippen LogP contribution in [0, 0.1) is 6.92 Å². The van der Waals surface area contributed by atoms with E-state index in [0.29, 0.717) is 28.9 Å². The average Bonchev–Trinajstić information content (AvgIpc) is 2.65. The van der Waals surface area contributed by atoms with Crippen LogP contribution in [-0.4, -0.2) is 21.4 Å². The van der Waals surface area contributed by atoms with Crippen molar-refractivity contribution in [1.82, 2.24) is 15.2 Å². The number of nitrogens with one attached hydrogen (secondary N) is 2. The van der Waals surface area contributed by atoms with Gasteiger partial charge in [-0.05, 0) is 25.1 Å². The number of aromatic nitrogens is 3. The van der Waals surface area contributed by atoms with Gasteiger partial charge in [0, 0.05) is 16.1 Å². The van der Waals surface area contributed by atoms with Gasteiger partial charge in [0.25, 0.3) is 0 Å². The maximum absolute atomic E-state index is 11.2. The second-order valence-electron chi connectivity index (χ2n) is 5.36. The summed E-state index contributed by atoms with van der Waals surface area (Å²) < 4.78 is 5.86. The van der Waals surface area contributed by atoms with Gasteiger partial charge in [-0.15, -0.1) is 0 Å². The number of hydrogen-bond acceptors (Lipinski definition) is 6. The third-order valence-electron chi connectivity index (χ3n) is 3.51. The number of benzene rings is 2. The normalized spacial score (nSPS) is 10.8. The molecule has 0 fully saturated rings. The fraction of sp³-hybridized carbons (Fsp3) is 0.111. The molecule has 0 radical (unpaired) electrons. The summed E-state index contributed by atoms with van der Waals surface area (Å²) >= 11 is 6.15. The molecule has 0 saturated carbocycles. The van der Waals surface area contributed by atoms with E-state index in [-0.39, 0.29) is 0 Å². The monoisotopic (exact) mass is 369 g/mol. The standard InChI is InChI=1S/C18H16ClN5O2/c1-12-17(21-18(25)24-22-12)23-20-10-13-6-3-5-9-16(13)26-11-14-7-2-4-8-15(14)19/h2-10H,11H2,1H3,(H2,21,23,24,25)/b20-10+. The maximum Gasteiger partial charge on any atom is 0.363 e. The number of hydrogen-bond donors (Lipinski definition) is 2. The minimum Gasteiger partial charge on any atom is -0.488 e. The predicted octanol–water partition coefficient (Wildman–Crippen LogP) is 3.15. The van der Waals surface area contributed by atoms with Gasteiger partial charge in [-0.25, -0.2) is 9.89 Å². The van der Waals surface area contributed by atoms with Gasteiger partial charge in [0.1, 0.15) is 18.1 Å². The van der Waals surface area contributed by atoms with Crippen LogP contribution in [0.4, 0.5) is 5.82 Å². The van der Waals surface area contributed by atoms with Crippen LogP contribution < -0.4 is 15.9 Å². The molecule has 7 nitrogen and oxygen atoms in total. The second-order valence-corrected chi connectivity index (χ2v) is 5.77. The first-order chi connectivity index (χ1) is 12.6. The molecule has 0 aliphatic carbocycles. The first-order valence-corrected chi connectivity index (χ1v) is 8.19. The highest BCUT2D eigenvalue weighted by molar-refractivity contribution is 6.31. The summed E-state index contributed by atoms with van der Waals surface area (Å²) in [6.07, 6.45) is 1.59. The van der Waals surface area contributed by atoms with E-state index in [4.69, 9.17) is 16.3 Å². The Bertz CT molecular complexity index is 987. The number of H-pyrrole nitrogens is 1. The molecule has 26 heavy (non-hydrogen) atoms.